The first-order valence-corrected chi connectivity index (χ1v) is 5.35. The maximum Gasteiger partial charge on any atom is 0.226 e. The fourth-order valence-corrected chi connectivity index (χ4v) is 1.85. The summed E-state index contributed by atoms with van der Waals surface area (Å²) in [5, 5.41) is 3.31. The molecule has 1 aromatic heterocycles. The molecular formula is C8H9BrN2OS. The average Bonchev–Trinajstić information content (AvgIpc) is 2.48. The van der Waals surface area contributed by atoms with Crippen molar-refractivity contribution in [3.8, 4) is 0 Å². The highest BCUT2D eigenvalue weighted by Gasteiger charge is 2.03. The molecule has 70 valence electrons. The molecule has 0 aliphatic heterocycles. The number of anilines is 1. The summed E-state index contributed by atoms with van der Waals surface area (Å²) in [6, 6.07) is 0. The van der Waals surface area contributed by atoms with Crippen LogP contribution >= 0.6 is 27.3 Å². The summed E-state index contributed by atoms with van der Waals surface area (Å²) in [6.45, 7) is 3.54. The molecule has 0 aromatic carbocycles. The summed E-state index contributed by atoms with van der Waals surface area (Å²) in [5.41, 5.74) is 0. The van der Waals surface area contributed by atoms with Gasteiger partial charge in [-0.2, -0.15) is 0 Å². The van der Waals surface area contributed by atoms with Gasteiger partial charge in [-0.1, -0.05) is 17.4 Å². The van der Waals surface area contributed by atoms with Gasteiger partial charge in [-0.05, 0) is 22.4 Å². The normalized spacial score (nSPS) is 9.62. The minimum atomic E-state index is -0.0262. The Hall–Kier alpha value is -0.680. The maximum atomic E-state index is 11.2. The number of thiazole rings is 1. The lowest BCUT2D eigenvalue weighted by molar-refractivity contribution is -0.116. The second-order valence-electron chi connectivity index (χ2n) is 2.35. The number of hydrogen-bond donors (Lipinski definition) is 1. The molecule has 0 saturated heterocycles. The molecule has 0 saturated carbocycles. The predicted molar refractivity (Wildman–Crippen MR) is 57.9 cm³/mol. The minimum Gasteiger partial charge on any atom is -0.302 e. The number of amides is 1. The number of carbonyl (C=O) groups excluding carboxylic acids is 1. The second-order valence-corrected chi connectivity index (χ2v) is 4.75. The summed E-state index contributed by atoms with van der Waals surface area (Å²) < 4.78 is 0.909. The molecular weight excluding hydrogens is 252 g/mol. The van der Waals surface area contributed by atoms with E-state index < -0.39 is 0 Å². The van der Waals surface area contributed by atoms with Crippen molar-refractivity contribution < 1.29 is 4.79 Å². The third-order valence-electron chi connectivity index (χ3n) is 1.30. The Morgan fingerprint density at radius 3 is 3.15 bits per heavy atom. The van der Waals surface area contributed by atoms with Gasteiger partial charge in [-0.3, -0.25) is 4.79 Å². The highest BCUT2D eigenvalue weighted by molar-refractivity contribution is 9.11. The minimum absolute atomic E-state index is 0.0262. The summed E-state index contributed by atoms with van der Waals surface area (Å²) in [6.07, 6.45) is 4.53. The monoisotopic (exact) mass is 260 g/mol. The second kappa shape index (κ2) is 5.14. The van der Waals surface area contributed by atoms with Gasteiger partial charge < -0.3 is 5.32 Å². The molecule has 1 N–H and O–H groups in total. The van der Waals surface area contributed by atoms with E-state index in [1.54, 1.807) is 12.3 Å². The van der Waals surface area contributed by atoms with Gasteiger partial charge in [0.1, 0.15) is 0 Å². The Balaban J connectivity index is 2.40. The Labute approximate surface area is 89.0 Å². The average molecular weight is 261 g/mol. The number of nitrogens with one attached hydrogen (secondary N) is 1. The number of hydrogen-bond acceptors (Lipinski definition) is 3. The van der Waals surface area contributed by atoms with Gasteiger partial charge in [0, 0.05) is 6.42 Å². The van der Waals surface area contributed by atoms with Gasteiger partial charge in [0.25, 0.3) is 0 Å². The van der Waals surface area contributed by atoms with Crippen LogP contribution in [0.3, 0.4) is 0 Å². The lowest BCUT2D eigenvalue weighted by Gasteiger charge is -1.97. The first-order chi connectivity index (χ1) is 6.22. The lowest BCUT2D eigenvalue weighted by atomic mass is 10.3. The molecule has 0 unspecified atom stereocenters. The van der Waals surface area contributed by atoms with Gasteiger partial charge in [-0.15, -0.1) is 6.58 Å². The molecule has 5 heteroatoms. The van der Waals surface area contributed by atoms with E-state index in [0.717, 1.165) is 3.79 Å². The van der Waals surface area contributed by atoms with E-state index in [-0.39, 0.29) is 5.91 Å². The topological polar surface area (TPSA) is 42.0 Å². The van der Waals surface area contributed by atoms with Gasteiger partial charge >= 0.3 is 0 Å². The van der Waals surface area contributed by atoms with Gasteiger partial charge in [0.2, 0.25) is 5.91 Å². The molecule has 3 nitrogen and oxygen atoms in total. The molecule has 1 aromatic rings. The molecule has 13 heavy (non-hydrogen) atoms. The third-order valence-corrected chi connectivity index (χ3v) is 2.69. The highest BCUT2D eigenvalue weighted by Crippen LogP contribution is 2.23. The smallest absolute Gasteiger partial charge is 0.226 e. The molecule has 0 fully saturated rings. The van der Waals surface area contributed by atoms with Crippen LogP contribution in [0, 0.1) is 0 Å². The zero-order valence-corrected chi connectivity index (χ0v) is 9.32. The standard InChI is InChI=1S/C8H9BrN2OS/c1-2-3-4-7(12)11-8-10-5-6(9)13-8/h2,5H,1,3-4H2,(H,10,11,12). The van der Waals surface area contributed by atoms with Crippen LogP contribution < -0.4 is 5.32 Å². The maximum absolute atomic E-state index is 11.2. The largest absolute Gasteiger partial charge is 0.302 e. The SMILES string of the molecule is C=CCCC(=O)Nc1ncc(Br)s1. The molecule has 0 radical (unpaired) electrons. The van der Waals surface area contributed by atoms with Crippen molar-refractivity contribution in [3.05, 3.63) is 22.6 Å². The number of nitrogens with zero attached hydrogens (tertiary/aromatic N) is 1. The van der Waals surface area contributed by atoms with Crippen LogP contribution in [0.4, 0.5) is 5.13 Å². The van der Waals surface area contributed by atoms with Crippen molar-refractivity contribution in [2.45, 2.75) is 12.8 Å². The summed E-state index contributed by atoms with van der Waals surface area (Å²) in [4.78, 5) is 15.2. The fraction of sp³-hybridized carbons (Fsp3) is 0.250. The van der Waals surface area contributed by atoms with Crippen molar-refractivity contribution >= 4 is 38.3 Å². The molecule has 1 amide bonds. The van der Waals surface area contributed by atoms with Crippen LogP contribution in [0.15, 0.2) is 22.6 Å². The van der Waals surface area contributed by atoms with Crippen molar-refractivity contribution in [2.75, 3.05) is 5.32 Å². The van der Waals surface area contributed by atoms with E-state index in [4.69, 9.17) is 0 Å². The van der Waals surface area contributed by atoms with Gasteiger partial charge in [0.05, 0.1) is 9.98 Å². The summed E-state index contributed by atoms with van der Waals surface area (Å²) in [7, 11) is 0. The van der Waals surface area contributed by atoms with E-state index in [2.05, 4.69) is 32.8 Å². The van der Waals surface area contributed by atoms with Crippen molar-refractivity contribution in [3.63, 3.8) is 0 Å². The number of allylic oxidation sites excluding steroid dienone is 1. The number of aromatic nitrogens is 1. The summed E-state index contributed by atoms with van der Waals surface area (Å²) >= 11 is 4.66. The Morgan fingerprint density at radius 1 is 1.85 bits per heavy atom. The van der Waals surface area contributed by atoms with E-state index in [0.29, 0.717) is 18.0 Å². The Bertz CT molecular complexity index is 311. The van der Waals surface area contributed by atoms with E-state index in [1.165, 1.54) is 11.3 Å². The first-order valence-electron chi connectivity index (χ1n) is 3.74. The fourth-order valence-electron chi connectivity index (χ4n) is 0.727. The number of halogens is 1. The van der Waals surface area contributed by atoms with Gasteiger partial charge in [-0.25, -0.2) is 4.98 Å². The molecule has 0 aliphatic carbocycles. The van der Waals surface area contributed by atoms with Crippen molar-refractivity contribution in [1.82, 2.24) is 4.98 Å². The summed E-state index contributed by atoms with van der Waals surface area (Å²) in [5.74, 6) is -0.0262. The zero-order chi connectivity index (χ0) is 9.68. The highest BCUT2D eigenvalue weighted by atomic mass is 79.9. The Morgan fingerprint density at radius 2 is 2.62 bits per heavy atom. The number of rotatable bonds is 4. The number of carbonyl (C=O) groups is 1. The lowest BCUT2D eigenvalue weighted by Crippen LogP contribution is -2.10. The Kier molecular flexibility index (Phi) is 4.11. The first kappa shape index (κ1) is 10.4. The van der Waals surface area contributed by atoms with Crippen LogP contribution in [0.1, 0.15) is 12.8 Å². The van der Waals surface area contributed by atoms with Crippen LogP contribution in [-0.2, 0) is 4.79 Å². The van der Waals surface area contributed by atoms with Crippen LogP contribution in [0.5, 0.6) is 0 Å². The van der Waals surface area contributed by atoms with Crippen LogP contribution in [0.25, 0.3) is 0 Å². The van der Waals surface area contributed by atoms with E-state index in [1.807, 2.05) is 0 Å². The van der Waals surface area contributed by atoms with Gasteiger partial charge in [0.15, 0.2) is 5.13 Å². The predicted octanol–water partition coefficient (Wildman–Crippen LogP) is 2.81. The van der Waals surface area contributed by atoms with Crippen molar-refractivity contribution in [1.29, 1.82) is 0 Å². The molecule has 1 rings (SSSR count). The molecule has 0 spiro atoms. The molecule has 0 bridgehead atoms. The van der Waals surface area contributed by atoms with Crippen molar-refractivity contribution in [2.24, 2.45) is 0 Å². The van der Waals surface area contributed by atoms with E-state index in [9.17, 15) is 4.79 Å². The van der Waals surface area contributed by atoms with Crippen LogP contribution in [-0.4, -0.2) is 10.9 Å². The molecule has 0 atom stereocenters. The quantitative estimate of drug-likeness (QED) is 0.847. The third kappa shape index (κ3) is 3.69. The zero-order valence-electron chi connectivity index (χ0n) is 6.92. The molecule has 1 heterocycles. The molecule has 0 aliphatic rings. The van der Waals surface area contributed by atoms with E-state index >= 15 is 0 Å². The van der Waals surface area contributed by atoms with Crippen LogP contribution in [0.2, 0.25) is 0 Å².